The van der Waals surface area contributed by atoms with Crippen LogP contribution < -0.4 is 4.74 Å². The topological polar surface area (TPSA) is 64.3 Å². The van der Waals surface area contributed by atoms with Crippen LogP contribution in [0.5, 0.6) is 5.75 Å². The van der Waals surface area contributed by atoms with E-state index in [-0.39, 0.29) is 17.9 Å². The van der Waals surface area contributed by atoms with Gasteiger partial charge in [-0.25, -0.2) is 9.18 Å². The van der Waals surface area contributed by atoms with Crippen molar-refractivity contribution in [2.75, 3.05) is 0 Å². The number of ether oxygens (including phenoxy) is 1. The number of hydrogen-bond donors (Lipinski definition) is 1. The van der Waals surface area contributed by atoms with Gasteiger partial charge in [-0.15, -0.1) is 0 Å². The summed E-state index contributed by atoms with van der Waals surface area (Å²) in [6.07, 6.45) is 0.816. The van der Waals surface area contributed by atoms with Gasteiger partial charge in [0.05, 0.1) is 17.0 Å². The molecule has 6 heteroatoms. The fourth-order valence-corrected chi connectivity index (χ4v) is 1.81. The summed E-state index contributed by atoms with van der Waals surface area (Å²) in [7, 11) is 1.80. The molecule has 0 saturated carbocycles. The number of nitrogens with zero attached hydrogens (tertiary/aromatic N) is 2. The van der Waals surface area contributed by atoms with E-state index in [1.165, 1.54) is 6.07 Å². The van der Waals surface area contributed by atoms with Crippen molar-refractivity contribution in [3.05, 3.63) is 47.0 Å². The van der Waals surface area contributed by atoms with Crippen molar-refractivity contribution in [1.29, 1.82) is 0 Å². The summed E-state index contributed by atoms with van der Waals surface area (Å²) < 4.78 is 20.4. The molecule has 1 heterocycles. The number of carboxylic acids is 1. The number of aryl methyl sites for hydroxylation is 2. The zero-order chi connectivity index (χ0) is 14.7. The van der Waals surface area contributed by atoms with Gasteiger partial charge in [0.25, 0.3) is 0 Å². The lowest BCUT2D eigenvalue weighted by atomic mass is 10.2. The van der Waals surface area contributed by atoms with Crippen LogP contribution in [-0.4, -0.2) is 20.9 Å². The number of aromatic nitrogens is 2. The molecule has 1 aromatic heterocycles. The van der Waals surface area contributed by atoms with Gasteiger partial charge < -0.3 is 9.84 Å². The van der Waals surface area contributed by atoms with Gasteiger partial charge in [-0.2, -0.15) is 5.10 Å². The molecule has 0 radical (unpaired) electrons. The first-order chi connectivity index (χ1) is 9.49. The summed E-state index contributed by atoms with van der Waals surface area (Å²) >= 11 is 0. The minimum atomic E-state index is -1.19. The average molecular weight is 278 g/mol. The second-order valence-corrected chi connectivity index (χ2v) is 4.37. The highest BCUT2D eigenvalue weighted by molar-refractivity contribution is 5.88. The molecule has 2 aromatic rings. The zero-order valence-corrected chi connectivity index (χ0v) is 11.3. The van der Waals surface area contributed by atoms with Crippen LogP contribution in [-0.2, 0) is 20.1 Å². The first kappa shape index (κ1) is 14.0. The third-order valence-corrected chi connectivity index (χ3v) is 2.89. The molecule has 0 aliphatic heterocycles. The Morgan fingerprint density at radius 1 is 1.40 bits per heavy atom. The molecule has 2 rings (SSSR count). The maximum absolute atomic E-state index is 13.3. The van der Waals surface area contributed by atoms with Crippen LogP contribution in [0.25, 0.3) is 0 Å². The maximum Gasteiger partial charge on any atom is 0.335 e. The molecule has 0 atom stereocenters. The smallest absolute Gasteiger partial charge is 0.335 e. The molecule has 106 valence electrons. The molecule has 1 N–H and O–H groups in total. The molecule has 5 nitrogen and oxygen atoms in total. The van der Waals surface area contributed by atoms with Crippen LogP contribution in [0.4, 0.5) is 4.39 Å². The van der Waals surface area contributed by atoms with E-state index in [0.717, 1.165) is 29.9 Å². The molecule has 1 aromatic carbocycles. The number of carbonyl (C=O) groups is 1. The van der Waals surface area contributed by atoms with Gasteiger partial charge in [0, 0.05) is 13.1 Å². The second-order valence-electron chi connectivity index (χ2n) is 4.37. The quantitative estimate of drug-likeness (QED) is 0.912. The molecule has 0 spiro atoms. The van der Waals surface area contributed by atoms with E-state index in [1.54, 1.807) is 11.7 Å². The summed E-state index contributed by atoms with van der Waals surface area (Å²) in [5.74, 6) is -1.65. The van der Waals surface area contributed by atoms with Gasteiger partial charge in [-0.1, -0.05) is 6.92 Å². The van der Waals surface area contributed by atoms with Gasteiger partial charge in [0.2, 0.25) is 0 Å². The van der Waals surface area contributed by atoms with E-state index < -0.39 is 11.8 Å². The Labute approximate surface area is 115 Å². The molecular formula is C14H15FN2O3. The number of benzene rings is 1. The number of carboxylic acid groups (broad SMARTS) is 1. The van der Waals surface area contributed by atoms with Crippen molar-refractivity contribution in [2.45, 2.75) is 20.0 Å². The van der Waals surface area contributed by atoms with E-state index in [4.69, 9.17) is 9.84 Å². The molecule has 0 fully saturated rings. The fourth-order valence-electron chi connectivity index (χ4n) is 1.81. The molecule has 0 aliphatic rings. The highest BCUT2D eigenvalue weighted by Gasteiger charge is 2.09. The average Bonchev–Trinajstić information content (AvgIpc) is 2.76. The summed E-state index contributed by atoms with van der Waals surface area (Å²) in [6, 6.07) is 5.30. The highest BCUT2D eigenvalue weighted by atomic mass is 19.1. The van der Waals surface area contributed by atoms with Crippen molar-refractivity contribution in [1.82, 2.24) is 9.78 Å². The van der Waals surface area contributed by atoms with Crippen molar-refractivity contribution in [2.24, 2.45) is 7.05 Å². The van der Waals surface area contributed by atoms with Gasteiger partial charge in [0.1, 0.15) is 18.2 Å². The van der Waals surface area contributed by atoms with E-state index in [0.29, 0.717) is 0 Å². The van der Waals surface area contributed by atoms with Crippen LogP contribution >= 0.6 is 0 Å². The minimum Gasteiger partial charge on any atom is -0.487 e. The molecular weight excluding hydrogens is 263 g/mol. The molecule has 0 bridgehead atoms. The van der Waals surface area contributed by atoms with Crippen molar-refractivity contribution >= 4 is 5.97 Å². The first-order valence-corrected chi connectivity index (χ1v) is 6.18. The number of halogens is 1. The lowest BCUT2D eigenvalue weighted by Gasteiger charge is -2.07. The van der Waals surface area contributed by atoms with Gasteiger partial charge in [-0.05, 0) is 24.6 Å². The van der Waals surface area contributed by atoms with E-state index in [2.05, 4.69) is 5.10 Å². The van der Waals surface area contributed by atoms with Crippen LogP contribution in [0, 0.1) is 5.82 Å². The maximum atomic E-state index is 13.3. The fraction of sp³-hybridized carbons (Fsp3) is 0.286. The predicted molar refractivity (Wildman–Crippen MR) is 70.3 cm³/mol. The summed E-state index contributed by atoms with van der Waals surface area (Å²) in [4.78, 5) is 10.8. The third-order valence-electron chi connectivity index (χ3n) is 2.89. The Balaban J connectivity index is 2.14. The van der Waals surface area contributed by atoms with Gasteiger partial charge in [-0.3, -0.25) is 4.68 Å². The summed E-state index contributed by atoms with van der Waals surface area (Å²) in [6.45, 7) is 2.20. The Hall–Kier alpha value is -2.37. The normalized spacial score (nSPS) is 10.6. The van der Waals surface area contributed by atoms with Crippen LogP contribution in [0.2, 0.25) is 0 Å². The number of aromatic carboxylic acids is 1. The first-order valence-electron chi connectivity index (χ1n) is 6.18. The van der Waals surface area contributed by atoms with E-state index in [9.17, 15) is 9.18 Å². The van der Waals surface area contributed by atoms with Gasteiger partial charge in [0.15, 0.2) is 0 Å². The molecule has 0 aliphatic carbocycles. The second kappa shape index (κ2) is 5.73. The zero-order valence-electron chi connectivity index (χ0n) is 11.3. The minimum absolute atomic E-state index is 0.140. The van der Waals surface area contributed by atoms with Crippen molar-refractivity contribution in [3.63, 3.8) is 0 Å². The Kier molecular flexibility index (Phi) is 4.02. The monoisotopic (exact) mass is 278 g/mol. The molecule has 0 unspecified atom stereocenters. The third kappa shape index (κ3) is 3.14. The largest absolute Gasteiger partial charge is 0.487 e. The van der Waals surface area contributed by atoms with Crippen molar-refractivity contribution < 1.29 is 19.0 Å². The van der Waals surface area contributed by atoms with Crippen LogP contribution in [0.3, 0.4) is 0 Å². The lowest BCUT2D eigenvalue weighted by molar-refractivity contribution is 0.0695. The summed E-state index contributed by atoms with van der Waals surface area (Å²) in [5, 5.41) is 13.1. The summed E-state index contributed by atoms with van der Waals surface area (Å²) in [5.41, 5.74) is 1.64. The van der Waals surface area contributed by atoms with Crippen molar-refractivity contribution in [3.8, 4) is 5.75 Å². The highest BCUT2D eigenvalue weighted by Crippen LogP contribution is 2.18. The lowest BCUT2D eigenvalue weighted by Crippen LogP contribution is -2.04. The standard InChI is InChI=1S/C14H15FN2O3/c1-3-11-7-12(17(2)16-11)8-20-13-5-9(14(18)19)4-10(15)6-13/h4-7H,3,8H2,1-2H3,(H,18,19). The molecule has 20 heavy (non-hydrogen) atoms. The Morgan fingerprint density at radius 3 is 2.75 bits per heavy atom. The number of hydrogen-bond acceptors (Lipinski definition) is 3. The molecule has 0 saturated heterocycles. The van der Waals surface area contributed by atoms with E-state index >= 15 is 0 Å². The molecule has 0 amide bonds. The van der Waals surface area contributed by atoms with E-state index in [1.807, 2.05) is 13.0 Å². The van der Waals surface area contributed by atoms with Crippen LogP contribution in [0.15, 0.2) is 24.3 Å². The SMILES string of the molecule is CCc1cc(COc2cc(F)cc(C(=O)O)c2)n(C)n1. The van der Waals surface area contributed by atoms with Gasteiger partial charge >= 0.3 is 5.97 Å². The Bertz CT molecular complexity index is 637. The Morgan fingerprint density at radius 2 is 2.15 bits per heavy atom. The van der Waals surface area contributed by atoms with Crippen LogP contribution in [0.1, 0.15) is 28.7 Å². The number of rotatable bonds is 5. The predicted octanol–water partition coefficient (Wildman–Crippen LogP) is 2.40.